The maximum absolute atomic E-state index is 12.4. The van der Waals surface area contributed by atoms with E-state index >= 15 is 0 Å². The van der Waals surface area contributed by atoms with Gasteiger partial charge in [-0.2, -0.15) is 0 Å². The van der Waals surface area contributed by atoms with E-state index < -0.39 is 30.2 Å². The number of carbonyl (C=O) groups is 2. The van der Waals surface area contributed by atoms with E-state index in [1.165, 1.54) is 0 Å². The summed E-state index contributed by atoms with van der Waals surface area (Å²) in [5.41, 5.74) is 0.717. The number of aliphatic hydroxyl groups is 2. The van der Waals surface area contributed by atoms with Crippen LogP contribution in [0.1, 0.15) is 60.8 Å². The molecule has 7 atom stereocenters. The van der Waals surface area contributed by atoms with Crippen molar-refractivity contribution in [3.8, 4) is 0 Å². The van der Waals surface area contributed by atoms with E-state index in [4.69, 9.17) is 4.74 Å². The maximum atomic E-state index is 12.4. The summed E-state index contributed by atoms with van der Waals surface area (Å²) in [5, 5.41) is 20.9. The molecule has 0 aromatic heterocycles. The smallest absolute Gasteiger partial charge is 0.311 e. The van der Waals surface area contributed by atoms with Gasteiger partial charge in [-0.15, -0.1) is 0 Å². The fourth-order valence-corrected chi connectivity index (χ4v) is 3.49. The van der Waals surface area contributed by atoms with Gasteiger partial charge in [0, 0.05) is 18.3 Å². The van der Waals surface area contributed by atoms with Crippen LogP contribution in [0.25, 0.3) is 0 Å². The van der Waals surface area contributed by atoms with Crippen LogP contribution in [-0.4, -0.2) is 40.3 Å². The third-order valence-electron chi connectivity index (χ3n) is 5.41. The van der Waals surface area contributed by atoms with Crippen LogP contribution in [0.3, 0.4) is 0 Å². The molecule has 0 saturated carbocycles. The third-order valence-corrected chi connectivity index (χ3v) is 5.41. The second kappa shape index (κ2) is 9.48. The molecule has 5 heteroatoms. The van der Waals surface area contributed by atoms with Crippen molar-refractivity contribution in [1.29, 1.82) is 0 Å². The van der Waals surface area contributed by atoms with Crippen LogP contribution in [0.2, 0.25) is 0 Å². The summed E-state index contributed by atoms with van der Waals surface area (Å²) in [6.45, 7) is 11.0. The van der Waals surface area contributed by atoms with E-state index in [1.807, 2.05) is 26.8 Å². The molecule has 0 saturated heterocycles. The first-order valence-electron chi connectivity index (χ1n) is 9.36. The number of aliphatic hydroxyl groups excluding tert-OH is 2. The van der Waals surface area contributed by atoms with Crippen molar-refractivity contribution in [2.24, 2.45) is 23.7 Å². The second-order valence-corrected chi connectivity index (χ2v) is 7.74. The van der Waals surface area contributed by atoms with E-state index in [9.17, 15) is 19.8 Å². The largest absolute Gasteiger partial charge is 0.462 e. The van der Waals surface area contributed by atoms with Crippen molar-refractivity contribution >= 4 is 11.8 Å². The fourth-order valence-electron chi connectivity index (χ4n) is 3.49. The molecule has 1 heterocycles. The zero-order chi connectivity index (χ0) is 19.3. The predicted octanol–water partition coefficient (Wildman–Crippen LogP) is 2.88. The molecule has 0 fully saturated rings. The molecule has 0 aromatic rings. The number of hydrogen-bond acceptors (Lipinski definition) is 5. The second-order valence-electron chi connectivity index (χ2n) is 7.74. The van der Waals surface area contributed by atoms with Crippen molar-refractivity contribution in [3.63, 3.8) is 0 Å². The number of hydrogen-bond donors (Lipinski definition) is 2. The average Bonchev–Trinajstić information content (AvgIpc) is 2.55. The van der Waals surface area contributed by atoms with Crippen LogP contribution in [-0.2, 0) is 14.3 Å². The van der Waals surface area contributed by atoms with Gasteiger partial charge < -0.3 is 14.9 Å². The summed E-state index contributed by atoms with van der Waals surface area (Å²) in [6, 6.07) is 0. The molecule has 2 N–H and O–H groups in total. The van der Waals surface area contributed by atoms with Gasteiger partial charge in [0.05, 0.1) is 18.1 Å². The summed E-state index contributed by atoms with van der Waals surface area (Å²) < 4.78 is 5.55. The molecule has 0 bridgehead atoms. The lowest BCUT2D eigenvalue weighted by molar-refractivity contribution is -0.161. The Hall–Kier alpha value is -1.20. The van der Waals surface area contributed by atoms with Gasteiger partial charge in [-0.3, -0.25) is 9.59 Å². The van der Waals surface area contributed by atoms with Crippen molar-refractivity contribution in [3.05, 3.63) is 11.6 Å². The molecule has 0 radical (unpaired) electrons. The van der Waals surface area contributed by atoms with Gasteiger partial charge in [-0.05, 0) is 38.2 Å². The molecule has 144 valence electrons. The SMILES string of the molecule is CC[C@H]1OC(=O)[C@H](C)[C@@H](O)/C(C)=C/[C@@H](C)C[C@@H](C)C(=O)C[C@@H](O)[C@H]1C. The summed E-state index contributed by atoms with van der Waals surface area (Å²) in [4.78, 5) is 24.8. The standard InChI is InChI=1S/C20H34O5/c1-7-18-14(5)17(22)10-16(21)12(3)8-11(2)9-13(4)19(23)15(6)20(24)25-18/h9,11-12,14-15,17-19,22-23H,7-8,10H2,1-6H3/b13-9+/t11-,12+,14+,15+,17+,18+,19-/m0/s1. The molecule has 0 aliphatic carbocycles. The molecule has 0 amide bonds. The molecule has 25 heavy (non-hydrogen) atoms. The summed E-state index contributed by atoms with van der Waals surface area (Å²) >= 11 is 0. The Morgan fingerprint density at radius 3 is 2.32 bits per heavy atom. The van der Waals surface area contributed by atoms with Crippen LogP contribution in [0.4, 0.5) is 0 Å². The Morgan fingerprint density at radius 1 is 1.16 bits per heavy atom. The summed E-state index contributed by atoms with van der Waals surface area (Å²) in [5.74, 6) is -1.55. The van der Waals surface area contributed by atoms with Gasteiger partial charge in [-0.1, -0.05) is 33.8 Å². The zero-order valence-electron chi connectivity index (χ0n) is 16.4. The summed E-state index contributed by atoms with van der Waals surface area (Å²) in [6.07, 6.45) is 0.948. The minimum absolute atomic E-state index is 0.0180. The molecule has 0 unspecified atom stereocenters. The van der Waals surface area contributed by atoms with E-state index in [1.54, 1.807) is 20.8 Å². The number of carbonyl (C=O) groups excluding carboxylic acids is 2. The number of rotatable bonds is 1. The minimum Gasteiger partial charge on any atom is -0.462 e. The highest BCUT2D eigenvalue weighted by Gasteiger charge is 2.33. The molecule has 0 aromatic carbocycles. The number of ether oxygens (including phenoxy) is 1. The Balaban J connectivity index is 3.14. The van der Waals surface area contributed by atoms with Crippen LogP contribution in [0, 0.1) is 23.7 Å². The van der Waals surface area contributed by atoms with Gasteiger partial charge in [0.25, 0.3) is 0 Å². The minimum atomic E-state index is -0.915. The molecule has 1 aliphatic rings. The van der Waals surface area contributed by atoms with E-state index in [0.29, 0.717) is 12.8 Å². The lowest BCUT2D eigenvalue weighted by atomic mass is 9.85. The lowest BCUT2D eigenvalue weighted by Crippen LogP contribution is -2.38. The van der Waals surface area contributed by atoms with Crippen LogP contribution < -0.4 is 0 Å². The topological polar surface area (TPSA) is 83.8 Å². The average molecular weight is 354 g/mol. The number of Topliss-reactive ketones (excluding diaryl/α,β-unsaturated/α-hetero) is 1. The Kier molecular flexibility index (Phi) is 8.29. The fraction of sp³-hybridized carbons (Fsp3) is 0.800. The number of allylic oxidation sites excluding steroid dienone is 1. The molecule has 1 rings (SSSR count). The third kappa shape index (κ3) is 5.93. The highest BCUT2D eigenvalue weighted by Crippen LogP contribution is 2.26. The normalized spacial score (nSPS) is 41.4. The van der Waals surface area contributed by atoms with Gasteiger partial charge in [0.15, 0.2) is 0 Å². The van der Waals surface area contributed by atoms with Gasteiger partial charge in [0.2, 0.25) is 0 Å². The molecular formula is C20H34O5. The van der Waals surface area contributed by atoms with Crippen LogP contribution >= 0.6 is 0 Å². The monoisotopic (exact) mass is 354 g/mol. The van der Waals surface area contributed by atoms with Gasteiger partial charge >= 0.3 is 5.97 Å². The Morgan fingerprint density at radius 2 is 1.76 bits per heavy atom. The predicted molar refractivity (Wildman–Crippen MR) is 96.8 cm³/mol. The quantitative estimate of drug-likeness (QED) is 0.559. The molecule has 1 aliphatic heterocycles. The molecular weight excluding hydrogens is 320 g/mol. The van der Waals surface area contributed by atoms with Crippen molar-refractivity contribution < 1.29 is 24.5 Å². The summed E-state index contributed by atoms with van der Waals surface area (Å²) in [7, 11) is 0. The number of esters is 1. The molecule has 5 nitrogen and oxygen atoms in total. The first-order valence-corrected chi connectivity index (χ1v) is 9.36. The highest BCUT2D eigenvalue weighted by molar-refractivity contribution is 5.81. The first kappa shape index (κ1) is 21.8. The zero-order valence-corrected chi connectivity index (χ0v) is 16.4. The number of cyclic esters (lactones) is 1. The van der Waals surface area contributed by atoms with Crippen molar-refractivity contribution in [2.45, 2.75) is 79.1 Å². The van der Waals surface area contributed by atoms with Crippen molar-refractivity contribution in [2.75, 3.05) is 0 Å². The molecule has 0 spiro atoms. The van der Waals surface area contributed by atoms with Gasteiger partial charge in [-0.25, -0.2) is 0 Å². The Labute approximate surface area is 151 Å². The van der Waals surface area contributed by atoms with Crippen LogP contribution in [0.15, 0.2) is 11.6 Å². The van der Waals surface area contributed by atoms with Crippen molar-refractivity contribution in [1.82, 2.24) is 0 Å². The highest BCUT2D eigenvalue weighted by atomic mass is 16.5. The number of ketones is 1. The maximum Gasteiger partial charge on any atom is 0.311 e. The van der Waals surface area contributed by atoms with E-state index in [2.05, 4.69) is 0 Å². The van der Waals surface area contributed by atoms with E-state index in [0.717, 1.165) is 5.57 Å². The van der Waals surface area contributed by atoms with Gasteiger partial charge in [0.1, 0.15) is 11.9 Å². The van der Waals surface area contributed by atoms with E-state index in [-0.39, 0.29) is 30.0 Å². The Bertz CT molecular complexity index is 498. The van der Waals surface area contributed by atoms with Crippen LogP contribution in [0.5, 0.6) is 0 Å². The lowest BCUT2D eigenvalue weighted by Gasteiger charge is -2.30. The first-order chi connectivity index (χ1) is 11.6.